The van der Waals surface area contributed by atoms with E-state index in [9.17, 15) is 4.79 Å². The largest absolute Gasteiger partial charge is 0.467 e. The van der Waals surface area contributed by atoms with Gasteiger partial charge in [0.25, 0.3) is 5.91 Å². The Balaban J connectivity index is 1.76. The molecule has 2 rings (SSSR count). The maximum atomic E-state index is 11.3. The van der Waals surface area contributed by atoms with E-state index in [4.69, 9.17) is 10.3 Å². The summed E-state index contributed by atoms with van der Waals surface area (Å²) in [6.45, 7) is 5.23. The molecule has 0 aromatic carbocycles. The molecule has 1 aliphatic heterocycles. The number of carbonyl (C=O) groups excluding carboxylic acids is 1. The van der Waals surface area contributed by atoms with Crippen LogP contribution in [0.3, 0.4) is 0 Å². The molecule has 1 fully saturated rings. The molecular weight excluding hydrogens is 244 g/mol. The van der Waals surface area contributed by atoms with Crippen molar-refractivity contribution >= 4 is 5.91 Å². The number of nitrogen functional groups attached to an aromatic ring is 1. The van der Waals surface area contributed by atoms with E-state index in [0.717, 1.165) is 18.8 Å². The Morgan fingerprint density at radius 1 is 1.53 bits per heavy atom. The van der Waals surface area contributed by atoms with Crippen LogP contribution in [0.4, 0.5) is 0 Å². The SMILES string of the molecule is CN(CCN1CCCC1)Cc1cc(C(=O)NN)co1. The van der Waals surface area contributed by atoms with Crippen LogP contribution >= 0.6 is 0 Å². The predicted molar refractivity (Wildman–Crippen MR) is 72.4 cm³/mol. The van der Waals surface area contributed by atoms with Gasteiger partial charge in [-0.2, -0.15) is 0 Å². The van der Waals surface area contributed by atoms with E-state index in [-0.39, 0.29) is 5.91 Å². The van der Waals surface area contributed by atoms with E-state index in [1.807, 2.05) is 0 Å². The fraction of sp³-hybridized carbons (Fsp3) is 0.615. The number of hydrogen-bond acceptors (Lipinski definition) is 5. The Bertz CT molecular complexity index is 413. The van der Waals surface area contributed by atoms with Gasteiger partial charge in [0.1, 0.15) is 12.0 Å². The zero-order chi connectivity index (χ0) is 13.7. The Morgan fingerprint density at radius 3 is 2.95 bits per heavy atom. The average molecular weight is 266 g/mol. The minimum absolute atomic E-state index is 0.324. The number of carbonyl (C=O) groups is 1. The average Bonchev–Trinajstić information content (AvgIpc) is 3.06. The van der Waals surface area contributed by atoms with Gasteiger partial charge in [-0.3, -0.25) is 15.1 Å². The van der Waals surface area contributed by atoms with Crippen LogP contribution in [-0.4, -0.2) is 48.9 Å². The number of likely N-dealkylation sites (N-methyl/N-ethyl adjacent to an activating group) is 1. The maximum Gasteiger partial charge on any atom is 0.268 e. The van der Waals surface area contributed by atoms with Crippen molar-refractivity contribution in [1.82, 2.24) is 15.2 Å². The molecule has 0 spiro atoms. The lowest BCUT2D eigenvalue weighted by Crippen LogP contribution is -2.31. The summed E-state index contributed by atoms with van der Waals surface area (Å²) in [7, 11) is 2.06. The second-order valence-corrected chi connectivity index (χ2v) is 5.06. The smallest absolute Gasteiger partial charge is 0.268 e. The molecule has 0 unspecified atom stereocenters. The van der Waals surface area contributed by atoms with E-state index in [1.165, 1.54) is 32.2 Å². The van der Waals surface area contributed by atoms with Crippen LogP contribution < -0.4 is 11.3 Å². The van der Waals surface area contributed by atoms with Crippen LogP contribution in [0.25, 0.3) is 0 Å². The predicted octanol–water partition coefficient (Wildman–Crippen LogP) is 0.411. The molecular formula is C13H22N4O2. The number of hydrazine groups is 1. The first-order chi connectivity index (χ1) is 9.19. The first-order valence-electron chi connectivity index (χ1n) is 6.68. The molecule has 6 heteroatoms. The number of nitrogens with two attached hydrogens (primary N) is 1. The summed E-state index contributed by atoms with van der Waals surface area (Å²) >= 11 is 0. The van der Waals surface area contributed by atoms with Gasteiger partial charge in [0.2, 0.25) is 0 Å². The first kappa shape index (κ1) is 14.0. The summed E-state index contributed by atoms with van der Waals surface area (Å²) in [5, 5.41) is 0. The van der Waals surface area contributed by atoms with E-state index < -0.39 is 0 Å². The Kier molecular flexibility index (Phi) is 4.95. The van der Waals surface area contributed by atoms with Crippen LogP contribution in [0.1, 0.15) is 29.0 Å². The summed E-state index contributed by atoms with van der Waals surface area (Å²) in [4.78, 5) is 16.0. The molecule has 0 bridgehead atoms. The second-order valence-electron chi connectivity index (χ2n) is 5.06. The minimum Gasteiger partial charge on any atom is -0.467 e. The summed E-state index contributed by atoms with van der Waals surface area (Å²) in [6.07, 6.45) is 4.07. The van der Waals surface area contributed by atoms with Crippen molar-refractivity contribution in [3.05, 3.63) is 23.7 Å². The van der Waals surface area contributed by atoms with Gasteiger partial charge in [-0.05, 0) is 39.0 Å². The fourth-order valence-corrected chi connectivity index (χ4v) is 2.33. The van der Waals surface area contributed by atoms with Gasteiger partial charge in [-0.1, -0.05) is 0 Å². The van der Waals surface area contributed by atoms with Crippen molar-refractivity contribution in [2.45, 2.75) is 19.4 Å². The number of likely N-dealkylation sites (tertiary alicyclic amines) is 1. The molecule has 1 saturated heterocycles. The van der Waals surface area contributed by atoms with Gasteiger partial charge in [-0.15, -0.1) is 0 Å². The number of rotatable bonds is 6. The number of hydrogen-bond donors (Lipinski definition) is 2. The number of amides is 1. The molecule has 3 N–H and O–H groups in total. The van der Waals surface area contributed by atoms with E-state index in [2.05, 4.69) is 22.3 Å². The zero-order valence-corrected chi connectivity index (χ0v) is 11.4. The van der Waals surface area contributed by atoms with Crippen molar-refractivity contribution in [1.29, 1.82) is 0 Å². The van der Waals surface area contributed by atoms with Gasteiger partial charge < -0.3 is 9.32 Å². The van der Waals surface area contributed by atoms with E-state index >= 15 is 0 Å². The third kappa shape index (κ3) is 4.05. The molecule has 0 saturated carbocycles. The monoisotopic (exact) mass is 266 g/mol. The van der Waals surface area contributed by atoms with Crippen LogP contribution in [0, 0.1) is 0 Å². The standard InChI is InChI=1S/C13H22N4O2/c1-16(6-7-17-4-2-3-5-17)9-12-8-11(10-19-12)13(18)15-14/h8,10H,2-7,9,14H2,1H3,(H,15,18). The lowest BCUT2D eigenvalue weighted by molar-refractivity contribution is 0.0953. The van der Waals surface area contributed by atoms with E-state index in [0.29, 0.717) is 12.1 Å². The fourth-order valence-electron chi connectivity index (χ4n) is 2.33. The number of furan rings is 1. The highest BCUT2D eigenvalue weighted by atomic mass is 16.3. The summed E-state index contributed by atoms with van der Waals surface area (Å²) in [5.41, 5.74) is 2.55. The molecule has 1 aliphatic rings. The minimum atomic E-state index is -0.324. The molecule has 1 aromatic heterocycles. The van der Waals surface area contributed by atoms with Crippen molar-refractivity contribution in [3.8, 4) is 0 Å². The van der Waals surface area contributed by atoms with Crippen molar-refractivity contribution in [2.24, 2.45) is 5.84 Å². The summed E-state index contributed by atoms with van der Waals surface area (Å²) in [5.74, 6) is 5.53. The topological polar surface area (TPSA) is 74.7 Å². The van der Waals surface area contributed by atoms with Crippen molar-refractivity contribution in [2.75, 3.05) is 33.2 Å². The quantitative estimate of drug-likeness (QED) is 0.443. The maximum absolute atomic E-state index is 11.3. The van der Waals surface area contributed by atoms with Gasteiger partial charge in [0.05, 0.1) is 12.1 Å². The highest BCUT2D eigenvalue weighted by Gasteiger charge is 2.13. The van der Waals surface area contributed by atoms with Gasteiger partial charge in [0.15, 0.2) is 0 Å². The van der Waals surface area contributed by atoms with E-state index in [1.54, 1.807) is 6.07 Å². The normalized spacial score (nSPS) is 16.2. The first-order valence-corrected chi connectivity index (χ1v) is 6.68. The van der Waals surface area contributed by atoms with Crippen LogP contribution in [0.2, 0.25) is 0 Å². The van der Waals surface area contributed by atoms with Crippen molar-refractivity contribution in [3.63, 3.8) is 0 Å². The highest BCUT2D eigenvalue weighted by Crippen LogP contribution is 2.11. The molecule has 19 heavy (non-hydrogen) atoms. The third-order valence-corrected chi connectivity index (χ3v) is 3.47. The summed E-state index contributed by atoms with van der Waals surface area (Å²) < 4.78 is 5.36. The molecule has 1 aromatic rings. The van der Waals surface area contributed by atoms with Crippen LogP contribution in [0.15, 0.2) is 16.7 Å². The van der Waals surface area contributed by atoms with Crippen LogP contribution in [0.5, 0.6) is 0 Å². The Morgan fingerprint density at radius 2 is 2.26 bits per heavy atom. The Hall–Kier alpha value is -1.37. The molecule has 1 amide bonds. The Labute approximate surface area is 113 Å². The third-order valence-electron chi connectivity index (χ3n) is 3.47. The molecule has 0 atom stereocenters. The molecule has 6 nitrogen and oxygen atoms in total. The number of nitrogens with zero attached hydrogens (tertiary/aromatic N) is 2. The lowest BCUT2D eigenvalue weighted by Gasteiger charge is -2.20. The van der Waals surface area contributed by atoms with Gasteiger partial charge in [-0.25, -0.2) is 5.84 Å². The molecule has 106 valence electrons. The molecule has 0 aliphatic carbocycles. The molecule has 0 radical (unpaired) electrons. The second kappa shape index (κ2) is 6.70. The van der Waals surface area contributed by atoms with Crippen LogP contribution in [-0.2, 0) is 6.54 Å². The number of nitrogens with one attached hydrogen (secondary N) is 1. The highest BCUT2D eigenvalue weighted by molar-refractivity contribution is 5.93. The van der Waals surface area contributed by atoms with Gasteiger partial charge >= 0.3 is 0 Å². The zero-order valence-electron chi connectivity index (χ0n) is 11.4. The lowest BCUT2D eigenvalue weighted by atomic mass is 10.3. The van der Waals surface area contributed by atoms with Gasteiger partial charge in [0, 0.05) is 13.1 Å². The van der Waals surface area contributed by atoms with Crippen molar-refractivity contribution < 1.29 is 9.21 Å². The summed E-state index contributed by atoms with van der Waals surface area (Å²) in [6, 6.07) is 1.73. The molecule has 2 heterocycles.